The van der Waals surface area contributed by atoms with Crippen LogP contribution in [0.25, 0.3) is 0 Å². The molecule has 110 valence electrons. The molecule has 0 saturated carbocycles. The second kappa shape index (κ2) is 6.70. The predicted molar refractivity (Wildman–Crippen MR) is 81.6 cm³/mol. The first-order valence-electron chi connectivity index (χ1n) is 7.97. The first kappa shape index (κ1) is 14.1. The summed E-state index contributed by atoms with van der Waals surface area (Å²) >= 11 is 0. The Labute approximate surface area is 122 Å². The molecule has 3 rings (SSSR count). The Balaban J connectivity index is 1.69. The summed E-state index contributed by atoms with van der Waals surface area (Å²) in [7, 11) is 0. The Morgan fingerprint density at radius 3 is 2.85 bits per heavy atom. The quantitative estimate of drug-likeness (QED) is 0.889. The molecule has 0 aromatic heterocycles. The lowest BCUT2D eigenvalue weighted by Gasteiger charge is -2.32. The van der Waals surface area contributed by atoms with Crippen molar-refractivity contribution in [3.8, 4) is 0 Å². The number of nitrogens with one attached hydrogen (secondary N) is 2. The van der Waals surface area contributed by atoms with Gasteiger partial charge in [-0.1, -0.05) is 24.3 Å². The van der Waals surface area contributed by atoms with Crippen LogP contribution >= 0.6 is 0 Å². The summed E-state index contributed by atoms with van der Waals surface area (Å²) in [6.07, 6.45) is 3.56. The highest BCUT2D eigenvalue weighted by atomic mass is 16.5. The van der Waals surface area contributed by atoms with Gasteiger partial charge in [-0.15, -0.1) is 0 Å². The average Bonchev–Trinajstić information content (AvgIpc) is 2.71. The van der Waals surface area contributed by atoms with Gasteiger partial charge in [-0.2, -0.15) is 0 Å². The molecule has 0 radical (unpaired) electrons. The average molecular weight is 274 g/mol. The minimum atomic E-state index is 0.485. The molecule has 2 unspecified atom stereocenters. The van der Waals surface area contributed by atoms with Crippen LogP contribution in [-0.4, -0.2) is 25.8 Å². The maximum atomic E-state index is 5.48. The molecule has 0 aliphatic carbocycles. The summed E-state index contributed by atoms with van der Waals surface area (Å²) in [6, 6.07) is 9.90. The molecule has 20 heavy (non-hydrogen) atoms. The van der Waals surface area contributed by atoms with Gasteiger partial charge in [0.25, 0.3) is 0 Å². The second-order valence-electron chi connectivity index (χ2n) is 6.12. The summed E-state index contributed by atoms with van der Waals surface area (Å²) in [4.78, 5) is 0. The zero-order valence-corrected chi connectivity index (χ0v) is 12.4. The van der Waals surface area contributed by atoms with Crippen LogP contribution in [0.2, 0.25) is 0 Å². The van der Waals surface area contributed by atoms with Gasteiger partial charge in [0.15, 0.2) is 0 Å². The van der Waals surface area contributed by atoms with E-state index in [9.17, 15) is 0 Å². The van der Waals surface area contributed by atoms with Gasteiger partial charge in [-0.05, 0) is 49.8 Å². The predicted octanol–water partition coefficient (Wildman–Crippen LogP) is 2.63. The van der Waals surface area contributed by atoms with E-state index in [1.165, 1.54) is 30.4 Å². The van der Waals surface area contributed by atoms with E-state index in [0.29, 0.717) is 12.1 Å². The van der Waals surface area contributed by atoms with Crippen LogP contribution in [0.15, 0.2) is 24.3 Å². The van der Waals surface area contributed by atoms with Gasteiger partial charge in [0, 0.05) is 31.8 Å². The Kier molecular flexibility index (Phi) is 4.71. The maximum absolute atomic E-state index is 5.48. The van der Waals surface area contributed by atoms with Crippen molar-refractivity contribution in [2.45, 2.75) is 44.8 Å². The van der Waals surface area contributed by atoms with Crippen molar-refractivity contribution in [2.75, 3.05) is 19.8 Å². The van der Waals surface area contributed by atoms with E-state index >= 15 is 0 Å². The molecule has 0 spiro atoms. The fraction of sp³-hybridized carbons (Fsp3) is 0.647. The zero-order chi connectivity index (χ0) is 13.8. The topological polar surface area (TPSA) is 33.3 Å². The van der Waals surface area contributed by atoms with Crippen LogP contribution < -0.4 is 10.6 Å². The number of hydrogen-bond donors (Lipinski definition) is 2. The normalized spacial score (nSPS) is 25.8. The van der Waals surface area contributed by atoms with Gasteiger partial charge in [0.05, 0.1) is 0 Å². The SMILES string of the molecule is CC(NC1CCNCc2ccccc21)C1CCOCC1. The molecule has 2 aliphatic rings. The highest BCUT2D eigenvalue weighted by molar-refractivity contribution is 5.31. The summed E-state index contributed by atoms with van der Waals surface area (Å²) in [5.41, 5.74) is 2.93. The monoisotopic (exact) mass is 274 g/mol. The minimum Gasteiger partial charge on any atom is -0.381 e. The lowest BCUT2D eigenvalue weighted by atomic mass is 9.91. The molecule has 1 fully saturated rings. The first-order chi connectivity index (χ1) is 9.84. The highest BCUT2D eigenvalue weighted by Gasteiger charge is 2.25. The van der Waals surface area contributed by atoms with Crippen molar-refractivity contribution < 1.29 is 4.74 Å². The molecule has 1 aromatic carbocycles. The van der Waals surface area contributed by atoms with Gasteiger partial charge in [0.1, 0.15) is 0 Å². The van der Waals surface area contributed by atoms with E-state index in [1.54, 1.807) is 0 Å². The fourth-order valence-corrected chi connectivity index (χ4v) is 3.50. The van der Waals surface area contributed by atoms with Crippen LogP contribution in [0.5, 0.6) is 0 Å². The van der Waals surface area contributed by atoms with Crippen molar-refractivity contribution in [2.24, 2.45) is 5.92 Å². The van der Waals surface area contributed by atoms with E-state index in [4.69, 9.17) is 4.74 Å². The minimum absolute atomic E-state index is 0.485. The van der Waals surface area contributed by atoms with E-state index in [-0.39, 0.29) is 0 Å². The van der Waals surface area contributed by atoms with E-state index in [2.05, 4.69) is 41.8 Å². The van der Waals surface area contributed by atoms with Gasteiger partial charge in [-0.25, -0.2) is 0 Å². The molecule has 2 N–H and O–H groups in total. The summed E-state index contributed by atoms with van der Waals surface area (Å²) in [5, 5.41) is 7.42. The molecule has 3 heteroatoms. The molecule has 0 amide bonds. The smallest absolute Gasteiger partial charge is 0.0469 e. The maximum Gasteiger partial charge on any atom is 0.0469 e. The fourth-order valence-electron chi connectivity index (χ4n) is 3.50. The van der Waals surface area contributed by atoms with Crippen molar-refractivity contribution in [3.05, 3.63) is 35.4 Å². The van der Waals surface area contributed by atoms with Gasteiger partial charge in [0.2, 0.25) is 0 Å². The summed E-state index contributed by atoms with van der Waals surface area (Å²) in [6.45, 7) is 6.29. The molecule has 2 atom stereocenters. The zero-order valence-electron chi connectivity index (χ0n) is 12.4. The number of ether oxygens (including phenoxy) is 1. The summed E-state index contributed by atoms with van der Waals surface area (Å²) in [5.74, 6) is 0.757. The largest absolute Gasteiger partial charge is 0.381 e. The molecule has 3 nitrogen and oxygen atoms in total. The van der Waals surface area contributed by atoms with Crippen LogP contribution in [0.1, 0.15) is 43.4 Å². The molecule has 1 aromatic rings. The Hall–Kier alpha value is -0.900. The van der Waals surface area contributed by atoms with Gasteiger partial charge < -0.3 is 15.4 Å². The summed E-state index contributed by atoms with van der Waals surface area (Å²) < 4.78 is 5.48. The molecule has 0 bridgehead atoms. The molecule has 2 heterocycles. The third-order valence-electron chi connectivity index (χ3n) is 4.79. The molecule has 1 saturated heterocycles. The number of hydrogen-bond acceptors (Lipinski definition) is 3. The first-order valence-corrected chi connectivity index (χ1v) is 7.97. The molecule has 2 aliphatic heterocycles. The van der Waals surface area contributed by atoms with Crippen molar-refractivity contribution >= 4 is 0 Å². The highest BCUT2D eigenvalue weighted by Crippen LogP contribution is 2.26. The Bertz CT molecular complexity index is 429. The second-order valence-corrected chi connectivity index (χ2v) is 6.12. The van der Waals surface area contributed by atoms with E-state index in [0.717, 1.165) is 32.2 Å². The van der Waals surface area contributed by atoms with Crippen molar-refractivity contribution in [1.82, 2.24) is 10.6 Å². The number of benzene rings is 1. The number of rotatable bonds is 3. The van der Waals surface area contributed by atoms with Gasteiger partial charge >= 0.3 is 0 Å². The lowest BCUT2D eigenvalue weighted by Crippen LogP contribution is -2.39. The van der Waals surface area contributed by atoms with Crippen molar-refractivity contribution in [3.63, 3.8) is 0 Å². The lowest BCUT2D eigenvalue weighted by molar-refractivity contribution is 0.0542. The third kappa shape index (κ3) is 3.22. The van der Waals surface area contributed by atoms with Crippen LogP contribution in [0.4, 0.5) is 0 Å². The van der Waals surface area contributed by atoms with Crippen LogP contribution in [-0.2, 0) is 11.3 Å². The molecular formula is C17H26N2O. The van der Waals surface area contributed by atoms with Crippen molar-refractivity contribution in [1.29, 1.82) is 0 Å². The van der Waals surface area contributed by atoms with E-state index in [1.807, 2.05) is 0 Å². The van der Waals surface area contributed by atoms with Crippen LogP contribution in [0, 0.1) is 5.92 Å². The number of fused-ring (bicyclic) bond motifs is 1. The molecular weight excluding hydrogens is 248 g/mol. The van der Waals surface area contributed by atoms with Crippen LogP contribution in [0.3, 0.4) is 0 Å². The Morgan fingerprint density at radius 1 is 1.20 bits per heavy atom. The standard InChI is InChI=1S/C17H26N2O/c1-13(14-7-10-20-11-8-14)19-17-6-9-18-12-15-4-2-3-5-16(15)17/h2-5,13-14,17-19H,6-12H2,1H3. The van der Waals surface area contributed by atoms with E-state index < -0.39 is 0 Å². The third-order valence-corrected chi connectivity index (χ3v) is 4.79. The van der Waals surface area contributed by atoms with Gasteiger partial charge in [-0.3, -0.25) is 0 Å². The Morgan fingerprint density at radius 2 is 2.00 bits per heavy atom.